The number of carbonyl (C=O) groups is 2. The molecule has 0 aliphatic carbocycles. The zero-order chi connectivity index (χ0) is 14.7. The van der Waals surface area contributed by atoms with Gasteiger partial charge in [-0.2, -0.15) is 0 Å². The third kappa shape index (κ3) is 2.98. The third-order valence-corrected chi connectivity index (χ3v) is 3.63. The van der Waals surface area contributed by atoms with Gasteiger partial charge < -0.3 is 4.74 Å². The summed E-state index contributed by atoms with van der Waals surface area (Å²) < 4.78 is 5.94. The van der Waals surface area contributed by atoms with E-state index in [0.717, 1.165) is 9.13 Å². The highest BCUT2D eigenvalue weighted by atomic mass is 127. The first kappa shape index (κ1) is 14.9. The maximum Gasteiger partial charge on any atom is 0.322 e. The summed E-state index contributed by atoms with van der Waals surface area (Å²) >= 11 is 2.18. The zero-order valence-electron chi connectivity index (χ0n) is 11.2. The number of hydrogen-bond acceptors (Lipinski definition) is 4. The lowest BCUT2D eigenvalue weighted by atomic mass is 9.90. The Morgan fingerprint density at radius 3 is 2.85 bits per heavy atom. The molecule has 1 aromatic rings. The Balaban J connectivity index is 2.39. The molecular weight excluding hydrogens is 369 g/mol. The summed E-state index contributed by atoms with van der Waals surface area (Å²) in [6.45, 7) is 3.73. The Bertz CT molecular complexity index is 619. The number of ether oxygens (including phenoxy) is 1. The van der Waals surface area contributed by atoms with E-state index in [-0.39, 0.29) is 12.4 Å². The summed E-state index contributed by atoms with van der Waals surface area (Å²) in [7, 11) is 0. The second-order valence-corrected chi connectivity index (χ2v) is 5.59. The fourth-order valence-electron chi connectivity index (χ4n) is 2.05. The molecule has 1 unspecified atom stereocenters. The molecule has 0 saturated heterocycles. The number of hydrogen-bond donors (Lipinski definition) is 0. The van der Waals surface area contributed by atoms with Gasteiger partial charge in [0.15, 0.2) is 11.7 Å². The lowest BCUT2D eigenvalue weighted by Gasteiger charge is -2.18. The molecule has 0 spiro atoms. The number of esters is 1. The predicted octanol–water partition coefficient (Wildman–Crippen LogP) is 2.86. The molecule has 4 nitrogen and oxygen atoms in total. The van der Waals surface area contributed by atoms with Crippen molar-refractivity contribution in [2.75, 3.05) is 6.61 Å². The van der Waals surface area contributed by atoms with Crippen LogP contribution in [-0.2, 0) is 14.3 Å². The molecule has 1 heterocycles. The minimum absolute atomic E-state index is 0.248. The van der Waals surface area contributed by atoms with Crippen molar-refractivity contribution in [3.05, 3.63) is 39.1 Å². The minimum atomic E-state index is -0.938. The van der Waals surface area contributed by atoms with Gasteiger partial charge >= 0.3 is 5.97 Å². The van der Waals surface area contributed by atoms with Crippen LogP contribution in [0.5, 0.6) is 0 Å². The molecule has 0 aromatic heterocycles. The van der Waals surface area contributed by atoms with Crippen LogP contribution in [0.1, 0.15) is 19.4 Å². The van der Waals surface area contributed by atoms with E-state index in [1.165, 1.54) is 6.21 Å². The van der Waals surface area contributed by atoms with Crippen molar-refractivity contribution < 1.29 is 14.3 Å². The van der Waals surface area contributed by atoms with Crippen molar-refractivity contribution in [1.82, 2.24) is 0 Å². The maximum atomic E-state index is 12.5. The summed E-state index contributed by atoms with van der Waals surface area (Å²) in [5, 5.41) is 0. The lowest BCUT2D eigenvalue weighted by Crippen LogP contribution is -2.30. The van der Waals surface area contributed by atoms with E-state index in [1.807, 2.05) is 24.3 Å². The van der Waals surface area contributed by atoms with Crippen LogP contribution in [-0.4, -0.2) is 24.6 Å². The average Bonchev–Trinajstić information content (AvgIpc) is 2.39. The van der Waals surface area contributed by atoms with Crippen LogP contribution < -0.4 is 0 Å². The number of aliphatic imine (C=N–C) groups is 1. The summed E-state index contributed by atoms with van der Waals surface area (Å²) in [6, 6.07) is 7.57. The summed E-state index contributed by atoms with van der Waals surface area (Å²) in [5.41, 5.74) is 1.90. The van der Waals surface area contributed by atoms with Crippen molar-refractivity contribution in [2.45, 2.75) is 13.8 Å². The van der Waals surface area contributed by atoms with Gasteiger partial charge in [0, 0.05) is 21.1 Å². The molecule has 1 atom stereocenters. The Morgan fingerprint density at radius 1 is 1.45 bits per heavy atom. The first-order valence-electron chi connectivity index (χ1n) is 6.26. The molecule has 5 heteroatoms. The second kappa shape index (κ2) is 6.30. The molecule has 1 aromatic carbocycles. The fraction of sp³-hybridized carbons (Fsp3) is 0.267. The largest absolute Gasteiger partial charge is 0.465 e. The van der Waals surface area contributed by atoms with Crippen molar-refractivity contribution in [3.63, 3.8) is 0 Å². The molecule has 1 aliphatic heterocycles. The van der Waals surface area contributed by atoms with E-state index in [2.05, 4.69) is 27.6 Å². The number of rotatable bonds is 3. The van der Waals surface area contributed by atoms with Crippen LogP contribution in [0.3, 0.4) is 0 Å². The second-order valence-electron chi connectivity index (χ2n) is 4.34. The smallest absolute Gasteiger partial charge is 0.322 e. The SMILES string of the molecule is CCOC(=O)C1C=NC(C)=C(c2cccc(I)c2)C1=O. The van der Waals surface area contributed by atoms with Crippen LogP contribution in [0, 0.1) is 9.49 Å². The van der Waals surface area contributed by atoms with Crippen LogP contribution in [0.15, 0.2) is 35.0 Å². The van der Waals surface area contributed by atoms with Crippen LogP contribution in [0.2, 0.25) is 0 Å². The third-order valence-electron chi connectivity index (χ3n) is 2.96. The van der Waals surface area contributed by atoms with Crippen molar-refractivity contribution in [1.29, 1.82) is 0 Å². The van der Waals surface area contributed by atoms with E-state index in [9.17, 15) is 9.59 Å². The summed E-state index contributed by atoms with van der Waals surface area (Å²) in [4.78, 5) is 28.5. The first-order chi connectivity index (χ1) is 9.54. The molecule has 2 rings (SSSR count). The summed E-state index contributed by atoms with van der Waals surface area (Å²) in [6.07, 6.45) is 1.37. The number of halogens is 1. The van der Waals surface area contributed by atoms with Gasteiger partial charge in [-0.15, -0.1) is 0 Å². The van der Waals surface area contributed by atoms with E-state index < -0.39 is 11.9 Å². The van der Waals surface area contributed by atoms with Crippen LogP contribution in [0.25, 0.3) is 5.57 Å². The van der Waals surface area contributed by atoms with Gasteiger partial charge in [-0.05, 0) is 54.1 Å². The molecular formula is C15H14INO3. The molecule has 20 heavy (non-hydrogen) atoms. The van der Waals surface area contributed by atoms with Gasteiger partial charge in [0.25, 0.3) is 0 Å². The molecule has 0 fully saturated rings. The monoisotopic (exact) mass is 383 g/mol. The molecule has 0 radical (unpaired) electrons. The average molecular weight is 383 g/mol. The minimum Gasteiger partial charge on any atom is -0.465 e. The van der Waals surface area contributed by atoms with Gasteiger partial charge in [-0.1, -0.05) is 12.1 Å². The molecule has 0 amide bonds. The Labute approximate surface area is 131 Å². The Morgan fingerprint density at radius 2 is 2.20 bits per heavy atom. The van der Waals surface area contributed by atoms with E-state index >= 15 is 0 Å². The van der Waals surface area contributed by atoms with Gasteiger partial charge in [0.1, 0.15) is 0 Å². The first-order valence-corrected chi connectivity index (χ1v) is 7.34. The molecule has 104 valence electrons. The van der Waals surface area contributed by atoms with Gasteiger partial charge in [-0.25, -0.2) is 0 Å². The van der Waals surface area contributed by atoms with E-state index in [4.69, 9.17) is 4.74 Å². The van der Waals surface area contributed by atoms with Crippen LogP contribution in [0.4, 0.5) is 0 Å². The predicted molar refractivity (Wildman–Crippen MR) is 85.4 cm³/mol. The fourth-order valence-corrected chi connectivity index (χ4v) is 2.59. The highest BCUT2D eigenvalue weighted by Gasteiger charge is 2.33. The topological polar surface area (TPSA) is 55.7 Å². The Kier molecular flexibility index (Phi) is 4.69. The highest BCUT2D eigenvalue weighted by molar-refractivity contribution is 14.1. The number of allylic oxidation sites excluding steroid dienone is 2. The lowest BCUT2D eigenvalue weighted by molar-refractivity contribution is -0.147. The van der Waals surface area contributed by atoms with Crippen LogP contribution >= 0.6 is 22.6 Å². The Hall–Kier alpha value is -1.50. The molecule has 0 N–H and O–H groups in total. The number of nitrogens with zero attached hydrogens (tertiary/aromatic N) is 1. The molecule has 1 aliphatic rings. The number of ketones is 1. The molecule has 0 saturated carbocycles. The van der Waals surface area contributed by atoms with Gasteiger partial charge in [0.2, 0.25) is 0 Å². The highest BCUT2D eigenvalue weighted by Crippen LogP contribution is 2.28. The quantitative estimate of drug-likeness (QED) is 0.458. The number of benzene rings is 1. The maximum absolute atomic E-state index is 12.5. The van der Waals surface area contributed by atoms with E-state index in [0.29, 0.717) is 11.3 Å². The number of Topliss-reactive ketones (excluding diaryl/α,β-unsaturated/α-hetero) is 1. The van der Waals surface area contributed by atoms with Crippen molar-refractivity contribution >= 4 is 46.1 Å². The van der Waals surface area contributed by atoms with Gasteiger partial charge in [0.05, 0.1) is 6.61 Å². The normalized spacial score (nSPS) is 18.4. The van der Waals surface area contributed by atoms with Gasteiger partial charge in [-0.3, -0.25) is 14.6 Å². The number of carbonyl (C=O) groups excluding carboxylic acids is 2. The summed E-state index contributed by atoms with van der Waals surface area (Å²) in [5.74, 6) is -1.73. The van der Waals surface area contributed by atoms with Crippen molar-refractivity contribution in [3.8, 4) is 0 Å². The van der Waals surface area contributed by atoms with E-state index in [1.54, 1.807) is 13.8 Å². The zero-order valence-corrected chi connectivity index (χ0v) is 13.4. The standard InChI is InChI=1S/C15H14INO3/c1-3-20-15(19)12-8-17-9(2)13(14(12)18)10-5-4-6-11(16)7-10/h4-8,12H,3H2,1-2H3. The van der Waals surface area contributed by atoms with Crippen molar-refractivity contribution in [2.24, 2.45) is 10.9 Å². The molecule has 0 bridgehead atoms.